The molecule has 1 N–H and O–H groups in total. The lowest BCUT2D eigenvalue weighted by atomic mass is 9.90. The lowest BCUT2D eigenvalue weighted by molar-refractivity contribution is -0.140. The van der Waals surface area contributed by atoms with Crippen LogP contribution in [0.2, 0.25) is 0 Å². The van der Waals surface area contributed by atoms with Crippen LogP contribution in [-0.4, -0.2) is 29.5 Å². The number of nitrogens with one attached hydrogen (secondary N) is 1. The molecule has 6 nitrogen and oxygen atoms in total. The largest absolute Gasteiger partial charge is 0.465 e. The molecule has 0 saturated carbocycles. The normalized spacial score (nSPS) is 17.3. The van der Waals surface area contributed by atoms with Crippen molar-refractivity contribution in [1.29, 1.82) is 0 Å². The number of esters is 1. The second-order valence-electron chi connectivity index (χ2n) is 7.62. The van der Waals surface area contributed by atoms with Crippen LogP contribution in [0.1, 0.15) is 27.4 Å². The molecular formula is C26H23NO5S. The standard InChI is InChI=1S/C26H23NO5S/c28-24-23(22(16-31-24)19-9-5-2-6-10-19)17-33-25(29)20-11-13-21(14-12-20)27-26(30)32-15-18-7-3-1-4-8-18/h1-14,22-23H,15-17H2,(H,27,30). The van der Waals surface area contributed by atoms with Gasteiger partial charge < -0.3 is 9.47 Å². The molecule has 1 heterocycles. The lowest BCUT2D eigenvalue weighted by Crippen LogP contribution is -2.18. The number of thioether (sulfide) groups is 1. The smallest absolute Gasteiger partial charge is 0.411 e. The van der Waals surface area contributed by atoms with Crippen LogP contribution in [0, 0.1) is 5.92 Å². The van der Waals surface area contributed by atoms with Crippen molar-refractivity contribution < 1.29 is 23.9 Å². The number of hydrogen-bond donors (Lipinski definition) is 1. The topological polar surface area (TPSA) is 81.7 Å². The molecule has 0 bridgehead atoms. The van der Waals surface area contributed by atoms with Gasteiger partial charge in [0.1, 0.15) is 6.61 Å². The van der Waals surface area contributed by atoms with Crippen LogP contribution < -0.4 is 5.32 Å². The van der Waals surface area contributed by atoms with E-state index in [-0.39, 0.29) is 29.5 Å². The summed E-state index contributed by atoms with van der Waals surface area (Å²) < 4.78 is 10.5. The molecule has 2 atom stereocenters. The van der Waals surface area contributed by atoms with E-state index in [1.54, 1.807) is 24.3 Å². The van der Waals surface area contributed by atoms with Gasteiger partial charge in [-0.05, 0) is 35.4 Å². The molecule has 0 spiro atoms. The van der Waals surface area contributed by atoms with Crippen molar-refractivity contribution in [3.8, 4) is 0 Å². The van der Waals surface area contributed by atoms with Crippen LogP contribution in [0.4, 0.5) is 10.5 Å². The number of anilines is 1. The van der Waals surface area contributed by atoms with Gasteiger partial charge in [0.15, 0.2) is 0 Å². The Kier molecular flexibility index (Phi) is 7.42. The first-order chi connectivity index (χ1) is 16.1. The Morgan fingerprint density at radius 1 is 0.939 bits per heavy atom. The number of hydrogen-bond acceptors (Lipinski definition) is 6. The maximum absolute atomic E-state index is 12.6. The van der Waals surface area contributed by atoms with Gasteiger partial charge in [0.2, 0.25) is 5.12 Å². The fourth-order valence-electron chi connectivity index (χ4n) is 3.59. The maximum Gasteiger partial charge on any atom is 0.411 e. The first-order valence-electron chi connectivity index (χ1n) is 10.6. The third kappa shape index (κ3) is 6.02. The fourth-order valence-corrected chi connectivity index (χ4v) is 4.59. The highest BCUT2D eigenvalue weighted by molar-refractivity contribution is 8.14. The molecule has 7 heteroatoms. The number of ether oxygens (including phenoxy) is 2. The van der Waals surface area contributed by atoms with E-state index in [0.717, 1.165) is 22.9 Å². The second kappa shape index (κ2) is 10.8. The van der Waals surface area contributed by atoms with Gasteiger partial charge >= 0.3 is 12.1 Å². The Hall–Kier alpha value is -3.58. The van der Waals surface area contributed by atoms with Crippen molar-refractivity contribution in [3.63, 3.8) is 0 Å². The summed E-state index contributed by atoms with van der Waals surface area (Å²) >= 11 is 1.10. The van der Waals surface area contributed by atoms with E-state index in [1.807, 2.05) is 60.7 Å². The van der Waals surface area contributed by atoms with E-state index >= 15 is 0 Å². The summed E-state index contributed by atoms with van der Waals surface area (Å²) in [6.07, 6.45) is -0.570. The van der Waals surface area contributed by atoms with Crippen LogP contribution in [-0.2, 0) is 20.9 Å². The first kappa shape index (κ1) is 22.6. The van der Waals surface area contributed by atoms with Gasteiger partial charge in [-0.25, -0.2) is 4.79 Å². The molecule has 4 rings (SSSR count). The Bertz CT molecular complexity index is 1100. The van der Waals surface area contributed by atoms with Crippen molar-refractivity contribution in [2.24, 2.45) is 5.92 Å². The highest BCUT2D eigenvalue weighted by Crippen LogP contribution is 2.34. The number of carbonyl (C=O) groups excluding carboxylic acids is 3. The molecule has 0 aliphatic carbocycles. The van der Waals surface area contributed by atoms with Crippen LogP contribution >= 0.6 is 11.8 Å². The van der Waals surface area contributed by atoms with Gasteiger partial charge in [0.05, 0.1) is 12.5 Å². The Morgan fingerprint density at radius 3 is 2.30 bits per heavy atom. The number of carbonyl (C=O) groups is 3. The first-order valence-corrected chi connectivity index (χ1v) is 11.5. The predicted molar refractivity (Wildman–Crippen MR) is 127 cm³/mol. The highest BCUT2D eigenvalue weighted by Gasteiger charge is 2.38. The van der Waals surface area contributed by atoms with Crippen molar-refractivity contribution >= 4 is 34.6 Å². The van der Waals surface area contributed by atoms with E-state index in [0.29, 0.717) is 23.6 Å². The predicted octanol–water partition coefficient (Wildman–Crippen LogP) is 5.27. The van der Waals surface area contributed by atoms with Crippen molar-refractivity contribution in [1.82, 2.24) is 0 Å². The fraction of sp³-hybridized carbons (Fsp3) is 0.192. The quantitative estimate of drug-likeness (QED) is 0.483. The summed E-state index contributed by atoms with van der Waals surface area (Å²) in [4.78, 5) is 36.8. The molecule has 1 aliphatic heterocycles. The Balaban J connectivity index is 1.28. The van der Waals surface area contributed by atoms with Gasteiger partial charge in [0.25, 0.3) is 0 Å². The summed E-state index contributed by atoms with van der Waals surface area (Å²) in [6, 6.07) is 25.7. The summed E-state index contributed by atoms with van der Waals surface area (Å²) in [5.41, 5.74) is 2.95. The van der Waals surface area contributed by atoms with Gasteiger partial charge in [-0.2, -0.15) is 0 Å². The maximum atomic E-state index is 12.6. The van der Waals surface area contributed by atoms with E-state index in [2.05, 4.69) is 5.32 Å². The minimum Gasteiger partial charge on any atom is -0.465 e. The zero-order valence-corrected chi connectivity index (χ0v) is 18.6. The van der Waals surface area contributed by atoms with Crippen molar-refractivity contribution in [3.05, 3.63) is 102 Å². The van der Waals surface area contributed by atoms with Crippen LogP contribution in [0.15, 0.2) is 84.9 Å². The molecule has 1 saturated heterocycles. The molecule has 0 radical (unpaired) electrons. The average molecular weight is 462 g/mol. The summed E-state index contributed by atoms with van der Waals surface area (Å²) in [5, 5.41) is 2.51. The van der Waals surface area contributed by atoms with E-state index in [1.165, 1.54) is 0 Å². The third-order valence-electron chi connectivity index (χ3n) is 5.40. The molecule has 2 unspecified atom stereocenters. The molecule has 3 aromatic rings. The molecule has 168 valence electrons. The Morgan fingerprint density at radius 2 is 1.61 bits per heavy atom. The van der Waals surface area contributed by atoms with Crippen LogP contribution in [0.5, 0.6) is 0 Å². The van der Waals surface area contributed by atoms with E-state index in [4.69, 9.17) is 9.47 Å². The number of cyclic esters (lactones) is 1. The molecule has 3 aromatic carbocycles. The van der Waals surface area contributed by atoms with Crippen molar-refractivity contribution in [2.45, 2.75) is 12.5 Å². The molecule has 1 amide bonds. The van der Waals surface area contributed by atoms with Crippen LogP contribution in [0.25, 0.3) is 0 Å². The highest BCUT2D eigenvalue weighted by atomic mass is 32.2. The monoisotopic (exact) mass is 461 g/mol. The zero-order chi connectivity index (χ0) is 23.0. The molecule has 1 aliphatic rings. The number of amides is 1. The number of rotatable bonds is 7. The SMILES string of the molecule is O=C(Nc1ccc(C(=O)SCC2C(=O)OCC2c2ccccc2)cc1)OCc1ccccc1. The second-order valence-corrected chi connectivity index (χ2v) is 8.61. The van der Waals surface area contributed by atoms with Gasteiger partial charge in [-0.3, -0.25) is 14.9 Å². The summed E-state index contributed by atoms with van der Waals surface area (Å²) in [6.45, 7) is 0.510. The zero-order valence-electron chi connectivity index (χ0n) is 17.8. The van der Waals surface area contributed by atoms with E-state index in [9.17, 15) is 14.4 Å². The minimum absolute atomic E-state index is 0.0486. The summed E-state index contributed by atoms with van der Waals surface area (Å²) in [5.74, 6) is -0.324. The van der Waals surface area contributed by atoms with Gasteiger partial charge in [-0.15, -0.1) is 0 Å². The lowest BCUT2D eigenvalue weighted by Gasteiger charge is -2.14. The molecule has 0 aromatic heterocycles. The van der Waals surface area contributed by atoms with Crippen LogP contribution in [0.3, 0.4) is 0 Å². The molecule has 1 fully saturated rings. The molecular weight excluding hydrogens is 438 g/mol. The molecule has 33 heavy (non-hydrogen) atoms. The Labute approximate surface area is 196 Å². The minimum atomic E-state index is -0.570. The van der Waals surface area contributed by atoms with E-state index < -0.39 is 6.09 Å². The summed E-state index contributed by atoms with van der Waals surface area (Å²) in [7, 11) is 0. The van der Waals surface area contributed by atoms with Gasteiger partial charge in [-0.1, -0.05) is 72.4 Å². The van der Waals surface area contributed by atoms with Gasteiger partial charge in [0, 0.05) is 22.9 Å². The van der Waals surface area contributed by atoms with Crippen molar-refractivity contribution in [2.75, 3.05) is 17.7 Å². The average Bonchev–Trinajstić information content (AvgIpc) is 3.23. The third-order valence-corrected chi connectivity index (χ3v) is 6.42. The number of benzene rings is 3.